The summed E-state index contributed by atoms with van der Waals surface area (Å²) in [4.78, 5) is 0. The molecular formula is C17H29NO2. The van der Waals surface area contributed by atoms with Crippen LogP contribution in [0.5, 0.6) is 5.75 Å². The van der Waals surface area contributed by atoms with Gasteiger partial charge in [0.1, 0.15) is 5.75 Å². The van der Waals surface area contributed by atoms with E-state index in [9.17, 15) is 0 Å². The molecule has 0 aromatic heterocycles. The Balaban J connectivity index is 2.28. The lowest BCUT2D eigenvalue weighted by atomic mass is 10.1. The molecule has 0 bridgehead atoms. The molecule has 0 spiro atoms. The van der Waals surface area contributed by atoms with Gasteiger partial charge in [-0.15, -0.1) is 0 Å². The molecule has 0 aliphatic heterocycles. The maximum atomic E-state index is 5.70. The van der Waals surface area contributed by atoms with Gasteiger partial charge in [-0.25, -0.2) is 0 Å². The molecular weight excluding hydrogens is 250 g/mol. The van der Waals surface area contributed by atoms with Gasteiger partial charge < -0.3 is 14.8 Å². The molecule has 1 N–H and O–H groups in total. The Labute approximate surface area is 123 Å². The first-order chi connectivity index (χ1) is 9.16. The molecule has 0 radical (unpaired) electrons. The van der Waals surface area contributed by atoms with E-state index in [1.165, 1.54) is 0 Å². The van der Waals surface area contributed by atoms with Crippen molar-refractivity contribution in [3.05, 3.63) is 24.3 Å². The van der Waals surface area contributed by atoms with Gasteiger partial charge >= 0.3 is 0 Å². The fraction of sp³-hybridized carbons (Fsp3) is 0.647. The molecule has 3 heteroatoms. The number of benzene rings is 1. The van der Waals surface area contributed by atoms with Gasteiger partial charge in [-0.2, -0.15) is 0 Å². The zero-order valence-corrected chi connectivity index (χ0v) is 13.7. The molecule has 114 valence electrons. The summed E-state index contributed by atoms with van der Waals surface area (Å²) in [6, 6.07) is 8.09. The average molecular weight is 279 g/mol. The Morgan fingerprint density at radius 2 is 1.50 bits per heavy atom. The minimum atomic E-state index is -0.0692. The highest BCUT2D eigenvalue weighted by Crippen LogP contribution is 2.19. The minimum Gasteiger partial charge on any atom is -0.494 e. The normalized spacial score (nSPS) is 12.3. The van der Waals surface area contributed by atoms with Crippen molar-refractivity contribution in [2.45, 2.75) is 59.1 Å². The molecule has 0 atom stereocenters. The zero-order chi connectivity index (χ0) is 15.2. The van der Waals surface area contributed by atoms with Crippen molar-refractivity contribution in [1.29, 1.82) is 0 Å². The van der Waals surface area contributed by atoms with Crippen LogP contribution >= 0.6 is 0 Å². The highest BCUT2D eigenvalue weighted by atomic mass is 16.5. The third-order valence-corrected chi connectivity index (χ3v) is 2.47. The van der Waals surface area contributed by atoms with E-state index in [2.05, 4.69) is 46.9 Å². The minimum absolute atomic E-state index is 0.0692. The Morgan fingerprint density at radius 1 is 0.900 bits per heavy atom. The second-order valence-electron chi connectivity index (χ2n) is 7.06. The lowest BCUT2D eigenvalue weighted by molar-refractivity contribution is -0.00768. The van der Waals surface area contributed by atoms with Crippen LogP contribution in [0, 0.1) is 0 Å². The first-order valence-corrected chi connectivity index (χ1v) is 7.31. The number of hydrogen-bond acceptors (Lipinski definition) is 3. The third-order valence-electron chi connectivity index (χ3n) is 2.47. The van der Waals surface area contributed by atoms with Gasteiger partial charge in [-0.3, -0.25) is 0 Å². The monoisotopic (exact) mass is 279 g/mol. The van der Waals surface area contributed by atoms with Crippen molar-refractivity contribution in [1.82, 2.24) is 0 Å². The molecule has 3 nitrogen and oxygen atoms in total. The smallest absolute Gasteiger partial charge is 0.119 e. The molecule has 0 saturated heterocycles. The molecule has 0 heterocycles. The van der Waals surface area contributed by atoms with Crippen LogP contribution in [-0.2, 0) is 4.74 Å². The molecule has 0 saturated carbocycles. The van der Waals surface area contributed by atoms with Gasteiger partial charge in [0.15, 0.2) is 0 Å². The van der Waals surface area contributed by atoms with Crippen LogP contribution in [0.1, 0.15) is 48.0 Å². The van der Waals surface area contributed by atoms with Gasteiger partial charge in [-0.1, -0.05) is 0 Å². The van der Waals surface area contributed by atoms with E-state index in [0.29, 0.717) is 6.61 Å². The van der Waals surface area contributed by atoms with Crippen molar-refractivity contribution >= 4 is 5.69 Å². The standard InChI is InChI=1S/C17H29NO2/c1-16(2,3)18-14-8-10-15(11-9-14)19-12-7-13-20-17(4,5)6/h8-11,18H,7,12-13H2,1-6H3. The molecule has 0 amide bonds. The molecule has 0 unspecified atom stereocenters. The van der Waals surface area contributed by atoms with Crippen LogP contribution in [0.15, 0.2) is 24.3 Å². The molecule has 20 heavy (non-hydrogen) atoms. The maximum absolute atomic E-state index is 5.70. The van der Waals surface area contributed by atoms with E-state index in [1.807, 2.05) is 24.3 Å². The van der Waals surface area contributed by atoms with Crippen LogP contribution in [-0.4, -0.2) is 24.4 Å². The first-order valence-electron chi connectivity index (χ1n) is 7.31. The van der Waals surface area contributed by atoms with E-state index in [4.69, 9.17) is 9.47 Å². The lowest BCUT2D eigenvalue weighted by Gasteiger charge is -2.22. The topological polar surface area (TPSA) is 30.5 Å². The second kappa shape index (κ2) is 6.98. The maximum Gasteiger partial charge on any atom is 0.119 e. The van der Waals surface area contributed by atoms with Crippen LogP contribution in [0.4, 0.5) is 5.69 Å². The van der Waals surface area contributed by atoms with Gasteiger partial charge in [0.2, 0.25) is 0 Å². The fourth-order valence-corrected chi connectivity index (χ4v) is 1.69. The Bertz CT molecular complexity index is 385. The Morgan fingerprint density at radius 3 is 2.00 bits per heavy atom. The summed E-state index contributed by atoms with van der Waals surface area (Å²) in [5, 5.41) is 3.43. The average Bonchev–Trinajstić information content (AvgIpc) is 2.27. The van der Waals surface area contributed by atoms with Gasteiger partial charge in [0.05, 0.1) is 18.8 Å². The molecule has 0 fully saturated rings. The zero-order valence-electron chi connectivity index (χ0n) is 13.7. The summed E-state index contributed by atoms with van der Waals surface area (Å²) in [7, 11) is 0. The molecule has 1 aromatic carbocycles. The van der Waals surface area contributed by atoms with Gasteiger partial charge in [0.25, 0.3) is 0 Å². The number of hydrogen-bond donors (Lipinski definition) is 1. The van der Waals surface area contributed by atoms with Crippen molar-refractivity contribution in [2.24, 2.45) is 0 Å². The molecule has 0 aliphatic rings. The number of rotatable bonds is 6. The van der Waals surface area contributed by atoms with Crippen molar-refractivity contribution in [3.8, 4) is 5.75 Å². The van der Waals surface area contributed by atoms with Crippen molar-refractivity contribution in [3.63, 3.8) is 0 Å². The fourth-order valence-electron chi connectivity index (χ4n) is 1.69. The Hall–Kier alpha value is -1.22. The highest BCUT2D eigenvalue weighted by Gasteiger charge is 2.10. The summed E-state index contributed by atoms with van der Waals surface area (Å²) >= 11 is 0. The molecule has 0 aliphatic carbocycles. The largest absolute Gasteiger partial charge is 0.494 e. The van der Waals surface area contributed by atoms with E-state index < -0.39 is 0 Å². The summed E-state index contributed by atoms with van der Waals surface area (Å²) in [5.41, 5.74) is 1.12. The van der Waals surface area contributed by atoms with E-state index >= 15 is 0 Å². The lowest BCUT2D eigenvalue weighted by Crippen LogP contribution is -2.25. The van der Waals surface area contributed by atoms with E-state index in [0.717, 1.165) is 24.5 Å². The molecule has 1 rings (SSSR count). The third kappa shape index (κ3) is 8.05. The molecule has 1 aromatic rings. The summed E-state index contributed by atoms with van der Waals surface area (Å²) in [6.07, 6.45) is 0.902. The quantitative estimate of drug-likeness (QED) is 0.779. The first kappa shape index (κ1) is 16.8. The van der Waals surface area contributed by atoms with Crippen molar-refractivity contribution in [2.75, 3.05) is 18.5 Å². The number of nitrogens with one attached hydrogen (secondary N) is 1. The van der Waals surface area contributed by atoms with Crippen molar-refractivity contribution < 1.29 is 9.47 Å². The summed E-state index contributed by atoms with van der Waals surface area (Å²) in [6.45, 7) is 14.0. The van der Waals surface area contributed by atoms with E-state index in [-0.39, 0.29) is 11.1 Å². The van der Waals surface area contributed by atoms with Gasteiger partial charge in [0, 0.05) is 17.6 Å². The highest BCUT2D eigenvalue weighted by molar-refractivity contribution is 5.47. The number of ether oxygens (including phenoxy) is 2. The van der Waals surface area contributed by atoms with E-state index in [1.54, 1.807) is 0 Å². The predicted molar refractivity (Wildman–Crippen MR) is 85.6 cm³/mol. The van der Waals surface area contributed by atoms with Crippen LogP contribution < -0.4 is 10.1 Å². The summed E-state index contributed by atoms with van der Waals surface area (Å²) < 4.78 is 11.3. The second-order valence-corrected chi connectivity index (χ2v) is 7.06. The van der Waals surface area contributed by atoms with Crippen LogP contribution in [0.3, 0.4) is 0 Å². The van der Waals surface area contributed by atoms with Gasteiger partial charge in [-0.05, 0) is 65.8 Å². The SMILES string of the molecule is CC(C)(C)Nc1ccc(OCCCOC(C)(C)C)cc1. The van der Waals surface area contributed by atoms with Crippen LogP contribution in [0.2, 0.25) is 0 Å². The van der Waals surface area contributed by atoms with Crippen LogP contribution in [0.25, 0.3) is 0 Å². The predicted octanol–water partition coefficient (Wildman–Crippen LogP) is 4.48. The summed E-state index contributed by atoms with van der Waals surface area (Å²) in [5.74, 6) is 0.903. The Kier molecular flexibility index (Phi) is 5.88. The number of anilines is 1.